The number of para-hydroxylation sites is 2. The lowest BCUT2D eigenvalue weighted by Crippen LogP contribution is -2.32. The van der Waals surface area contributed by atoms with E-state index in [-0.39, 0.29) is 0 Å². The van der Waals surface area contributed by atoms with Gasteiger partial charge in [0.25, 0.3) is 0 Å². The smallest absolute Gasteiger partial charge is 0.188 e. The van der Waals surface area contributed by atoms with Gasteiger partial charge in [-0.15, -0.1) is 0 Å². The Morgan fingerprint density at radius 1 is 0.536 bits per heavy atom. The number of hydrogen-bond acceptors (Lipinski definition) is 4. The third-order valence-corrected chi connectivity index (χ3v) is 12.8. The summed E-state index contributed by atoms with van der Waals surface area (Å²) in [5, 5.41) is 14.1. The minimum absolute atomic E-state index is 0.616. The van der Waals surface area contributed by atoms with E-state index in [0.717, 1.165) is 77.5 Å². The number of benzene rings is 6. The van der Waals surface area contributed by atoms with Crippen LogP contribution in [-0.4, -0.2) is 19.1 Å². The van der Waals surface area contributed by atoms with Crippen LogP contribution in [0.5, 0.6) is 0 Å². The summed E-state index contributed by atoms with van der Waals surface area (Å²) in [6.45, 7) is 7.72. The number of fused-ring (bicyclic) bond motifs is 15. The molecule has 258 valence electrons. The molecule has 4 aromatic heterocycles. The van der Waals surface area contributed by atoms with Crippen molar-refractivity contribution in [3.8, 4) is 28.8 Å². The van der Waals surface area contributed by atoms with Crippen molar-refractivity contribution in [2.75, 3.05) is 0 Å². The van der Waals surface area contributed by atoms with E-state index in [0.29, 0.717) is 11.3 Å². The van der Waals surface area contributed by atoms with Crippen molar-refractivity contribution < 1.29 is 0 Å². The third-order valence-electron chi connectivity index (χ3n) is 11.7. The monoisotopic (exact) mass is 730 g/mol. The van der Waals surface area contributed by atoms with Crippen molar-refractivity contribution >= 4 is 61.1 Å². The molecule has 0 fully saturated rings. The zero-order valence-corrected chi connectivity index (χ0v) is 30.4. The van der Waals surface area contributed by atoms with Crippen LogP contribution in [0.2, 0.25) is 0 Å². The van der Waals surface area contributed by atoms with E-state index >= 15 is 0 Å². The van der Waals surface area contributed by atoms with Crippen molar-refractivity contribution in [1.29, 1.82) is 5.26 Å². The van der Waals surface area contributed by atoms with E-state index in [4.69, 9.17) is 16.5 Å². The van der Waals surface area contributed by atoms with Gasteiger partial charge >= 0.3 is 0 Å². The van der Waals surface area contributed by atoms with Crippen molar-refractivity contribution in [2.24, 2.45) is 0 Å². The maximum absolute atomic E-state index is 9.80. The minimum atomic E-state index is -0.724. The molecular weight excluding hydrogens is 705 g/mol. The summed E-state index contributed by atoms with van der Waals surface area (Å²) in [6, 6.07) is 53.2. The third kappa shape index (κ3) is 3.94. The minimum Gasteiger partial charge on any atom is -0.308 e. The SMILES string of the molecule is [C-]#[N+]c1ccc2c(c1)c1ccccc1n2-c1cnc2c(c1)C1(c3ccccc3Sc3ccccc31)c1cc(-n3c4ccccc4c4cc(C#N)ccc43)cnc1-2. The van der Waals surface area contributed by atoms with E-state index in [1.807, 2.05) is 54.5 Å². The van der Waals surface area contributed by atoms with E-state index in [9.17, 15) is 5.26 Å². The van der Waals surface area contributed by atoms with Crippen LogP contribution in [0.4, 0.5) is 5.69 Å². The zero-order chi connectivity index (χ0) is 37.1. The molecule has 0 atom stereocenters. The van der Waals surface area contributed by atoms with Gasteiger partial charge in [-0.05, 0) is 83.2 Å². The number of hydrogen-bond donors (Lipinski definition) is 0. The topological polar surface area (TPSA) is 63.8 Å². The molecule has 1 aliphatic carbocycles. The average molecular weight is 731 g/mol. The Hall–Kier alpha value is -7.45. The van der Waals surface area contributed by atoms with Crippen LogP contribution in [0.3, 0.4) is 0 Å². The lowest BCUT2D eigenvalue weighted by atomic mass is 9.67. The molecule has 6 nitrogen and oxygen atoms in total. The highest BCUT2D eigenvalue weighted by Gasteiger charge is 2.52. The van der Waals surface area contributed by atoms with Crippen molar-refractivity contribution in [3.63, 3.8) is 0 Å². The van der Waals surface area contributed by atoms with Gasteiger partial charge in [0.15, 0.2) is 5.69 Å². The van der Waals surface area contributed by atoms with Crippen molar-refractivity contribution in [1.82, 2.24) is 19.1 Å². The maximum Gasteiger partial charge on any atom is 0.188 e. The summed E-state index contributed by atoms with van der Waals surface area (Å²) in [5.74, 6) is 0. The first-order chi connectivity index (χ1) is 27.7. The van der Waals surface area contributed by atoms with Crippen LogP contribution >= 0.6 is 11.8 Å². The number of aromatic nitrogens is 4. The molecule has 10 aromatic rings. The Morgan fingerprint density at radius 3 is 1.61 bits per heavy atom. The van der Waals surface area contributed by atoms with Crippen molar-refractivity contribution in [2.45, 2.75) is 15.2 Å². The highest BCUT2D eigenvalue weighted by atomic mass is 32.2. The molecule has 2 aliphatic rings. The Labute approximate surface area is 325 Å². The standard InChI is InChI=1S/C49H26N6S/c1-51-30-19-21-44-36(23-30)34-11-3-7-15-42(34)55(44)32-25-40-48(53-28-32)47-39(49(40)37-12-4-8-16-45(37)56-46-17-9-5-13-38(46)49)24-31(27-52-47)54-41-14-6-2-10-33(41)35-22-29(26-50)18-20-43(35)54/h2-25,27-28H. The fourth-order valence-electron chi connectivity index (χ4n) is 9.45. The van der Waals surface area contributed by atoms with Crippen LogP contribution in [0.15, 0.2) is 168 Å². The molecule has 0 radical (unpaired) electrons. The van der Waals surface area contributed by atoms with Crippen LogP contribution in [0.1, 0.15) is 27.8 Å². The Balaban J connectivity index is 1.19. The van der Waals surface area contributed by atoms with Gasteiger partial charge in [0, 0.05) is 37.1 Å². The highest BCUT2D eigenvalue weighted by Crippen LogP contribution is 2.62. The molecule has 1 spiro atoms. The molecular formula is C49H26N6S. The van der Waals surface area contributed by atoms with E-state index in [2.05, 4.69) is 135 Å². The lowest BCUT2D eigenvalue weighted by Gasteiger charge is -2.39. The quantitative estimate of drug-likeness (QED) is 0.166. The first-order valence-corrected chi connectivity index (χ1v) is 19.2. The molecule has 0 saturated heterocycles. The molecule has 0 saturated carbocycles. The summed E-state index contributed by atoms with van der Waals surface area (Å²) in [4.78, 5) is 16.8. The molecule has 0 bridgehead atoms. The molecule has 5 heterocycles. The average Bonchev–Trinajstić information content (AvgIpc) is 3.87. The lowest BCUT2D eigenvalue weighted by molar-refractivity contribution is 0.718. The van der Waals surface area contributed by atoms with Gasteiger partial charge in [-0.3, -0.25) is 9.97 Å². The molecule has 0 unspecified atom stereocenters. The van der Waals surface area contributed by atoms with E-state index in [1.54, 1.807) is 0 Å². The first-order valence-electron chi connectivity index (χ1n) is 18.4. The van der Waals surface area contributed by atoms with Crippen LogP contribution in [0.25, 0.3) is 71.2 Å². The van der Waals surface area contributed by atoms with Gasteiger partial charge in [-0.2, -0.15) is 5.26 Å². The second kappa shape index (κ2) is 11.3. The van der Waals surface area contributed by atoms with E-state index < -0.39 is 5.41 Å². The van der Waals surface area contributed by atoms with Gasteiger partial charge < -0.3 is 9.13 Å². The van der Waals surface area contributed by atoms with Crippen molar-refractivity contribution in [3.05, 3.63) is 197 Å². The Morgan fingerprint density at radius 2 is 1.04 bits per heavy atom. The summed E-state index contributed by atoms with van der Waals surface area (Å²) < 4.78 is 4.56. The van der Waals surface area contributed by atoms with E-state index in [1.165, 1.54) is 20.9 Å². The normalized spacial score (nSPS) is 13.4. The fraction of sp³-hybridized carbons (Fsp3) is 0.0204. The molecule has 7 heteroatoms. The van der Waals surface area contributed by atoms with Gasteiger partial charge in [0.2, 0.25) is 0 Å². The Kier molecular flexibility index (Phi) is 6.24. The molecule has 1 aliphatic heterocycles. The molecule has 12 rings (SSSR count). The molecule has 0 N–H and O–H groups in total. The van der Waals surface area contributed by atoms with Gasteiger partial charge in [-0.1, -0.05) is 90.6 Å². The second-order valence-electron chi connectivity index (χ2n) is 14.4. The number of nitriles is 1. The fourth-order valence-corrected chi connectivity index (χ4v) is 10.6. The Bertz CT molecular complexity index is 3220. The number of rotatable bonds is 2. The largest absolute Gasteiger partial charge is 0.308 e. The number of nitrogens with zero attached hydrogens (tertiary/aromatic N) is 6. The summed E-state index contributed by atoms with van der Waals surface area (Å²) in [6.07, 6.45) is 3.94. The van der Waals surface area contributed by atoms with Crippen LogP contribution in [0, 0.1) is 17.9 Å². The predicted octanol–water partition coefficient (Wildman–Crippen LogP) is 11.9. The highest BCUT2D eigenvalue weighted by molar-refractivity contribution is 7.99. The second-order valence-corrected chi connectivity index (χ2v) is 15.5. The predicted molar refractivity (Wildman–Crippen MR) is 223 cm³/mol. The van der Waals surface area contributed by atoms with Gasteiger partial charge in [-0.25, -0.2) is 4.85 Å². The number of pyridine rings is 2. The zero-order valence-electron chi connectivity index (χ0n) is 29.6. The maximum atomic E-state index is 9.80. The van der Waals surface area contributed by atoms with Gasteiger partial charge in [0.05, 0.1) is 80.8 Å². The van der Waals surface area contributed by atoms with Gasteiger partial charge in [0.1, 0.15) is 0 Å². The molecule has 56 heavy (non-hydrogen) atoms. The summed E-state index contributed by atoms with van der Waals surface area (Å²) in [5.41, 5.74) is 12.9. The first kappa shape index (κ1) is 31.0. The molecule has 6 aromatic carbocycles. The van der Waals surface area contributed by atoms with Crippen LogP contribution in [-0.2, 0) is 5.41 Å². The summed E-state index contributed by atoms with van der Waals surface area (Å²) >= 11 is 1.81. The molecule has 0 amide bonds. The summed E-state index contributed by atoms with van der Waals surface area (Å²) in [7, 11) is 0. The van der Waals surface area contributed by atoms with Crippen LogP contribution < -0.4 is 0 Å².